The van der Waals surface area contributed by atoms with E-state index in [9.17, 15) is 14.0 Å². The van der Waals surface area contributed by atoms with Crippen molar-refractivity contribution in [3.8, 4) is 11.3 Å². The summed E-state index contributed by atoms with van der Waals surface area (Å²) < 4.78 is 12.9. The lowest BCUT2D eigenvalue weighted by molar-refractivity contribution is -0.143. The molecule has 1 aromatic heterocycles. The van der Waals surface area contributed by atoms with Crippen LogP contribution in [0.5, 0.6) is 0 Å². The molecule has 2 aromatic rings. The SMILES string of the molecule is O=C(O)C1CCN(C(=O)c2cc(-c3ccc(F)cc3)n[nH]2)CC1. The molecule has 2 heterocycles. The van der Waals surface area contributed by atoms with E-state index < -0.39 is 5.97 Å². The van der Waals surface area contributed by atoms with Gasteiger partial charge in [0.05, 0.1) is 11.6 Å². The molecule has 0 saturated carbocycles. The Morgan fingerprint density at radius 2 is 1.87 bits per heavy atom. The second kappa shape index (κ2) is 6.20. The fourth-order valence-corrected chi connectivity index (χ4v) is 2.70. The number of carboxylic acid groups (broad SMARTS) is 1. The minimum Gasteiger partial charge on any atom is -0.481 e. The first-order valence-corrected chi connectivity index (χ1v) is 7.38. The van der Waals surface area contributed by atoms with E-state index in [-0.39, 0.29) is 17.6 Å². The maximum Gasteiger partial charge on any atom is 0.306 e. The maximum absolute atomic E-state index is 12.9. The number of nitrogens with one attached hydrogen (secondary N) is 1. The van der Waals surface area contributed by atoms with E-state index in [0.717, 1.165) is 0 Å². The molecule has 1 aliphatic heterocycles. The Hall–Kier alpha value is -2.70. The Morgan fingerprint density at radius 3 is 2.48 bits per heavy atom. The zero-order chi connectivity index (χ0) is 16.4. The van der Waals surface area contributed by atoms with Gasteiger partial charge in [-0.25, -0.2) is 4.39 Å². The highest BCUT2D eigenvalue weighted by Gasteiger charge is 2.28. The smallest absolute Gasteiger partial charge is 0.306 e. The zero-order valence-electron chi connectivity index (χ0n) is 12.3. The molecule has 1 aliphatic rings. The molecule has 0 bridgehead atoms. The summed E-state index contributed by atoms with van der Waals surface area (Å²) in [6.45, 7) is 0.835. The van der Waals surface area contributed by atoms with Crippen LogP contribution < -0.4 is 0 Å². The van der Waals surface area contributed by atoms with Crippen LogP contribution >= 0.6 is 0 Å². The molecule has 0 aliphatic carbocycles. The van der Waals surface area contributed by atoms with E-state index in [4.69, 9.17) is 5.11 Å². The molecule has 2 N–H and O–H groups in total. The fourth-order valence-electron chi connectivity index (χ4n) is 2.70. The summed E-state index contributed by atoms with van der Waals surface area (Å²) in [5, 5.41) is 15.8. The Bertz CT molecular complexity index is 718. The molecule has 6 nitrogen and oxygen atoms in total. The lowest BCUT2D eigenvalue weighted by Gasteiger charge is -2.29. The van der Waals surface area contributed by atoms with Gasteiger partial charge in [0.25, 0.3) is 5.91 Å². The van der Waals surface area contributed by atoms with Gasteiger partial charge in [0, 0.05) is 18.7 Å². The van der Waals surface area contributed by atoms with Crippen LogP contribution in [0.3, 0.4) is 0 Å². The Kier molecular flexibility index (Phi) is 4.10. The first-order chi connectivity index (χ1) is 11.0. The summed E-state index contributed by atoms with van der Waals surface area (Å²) in [4.78, 5) is 25.0. The number of piperidine rings is 1. The standard InChI is InChI=1S/C16H16FN3O3/c17-12-3-1-10(2-4-12)13-9-14(19-18-13)15(21)20-7-5-11(6-8-20)16(22)23/h1-4,9,11H,5-8H2,(H,18,19)(H,22,23). The van der Waals surface area contributed by atoms with E-state index in [1.165, 1.54) is 12.1 Å². The molecule has 1 fully saturated rings. The van der Waals surface area contributed by atoms with Crippen LogP contribution in [-0.4, -0.2) is 45.2 Å². The summed E-state index contributed by atoms with van der Waals surface area (Å²) in [5.41, 5.74) is 1.62. The van der Waals surface area contributed by atoms with Crippen LogP contribution in [0.1, 0.15) is 23.3 Å². The number of benzene rings is 1. The number of carbonyl (C=O) groups excluding carboxylic acids is 1. The van der Waals surface area contributed by atoms with Crippen molar-refractivity contribution in [3.63, 3.8) is 0 Å². The molecule has 23 heavy (non-hydrogen) atoms. The minimum absolute atomic E-state index is 0.199. The number of hydrogen-bond donors (Lipinski definition) is 2. The van der Waals surface area contributed by atoms with E-state index >= 15 is 0 Å². The number of rotatable bonds is 3. The molecule has 3 rings (SSSR count). The molecule has 120 valence electrons. The third-order valence-electron chi connectivity index (χ3n) is 4.08. The average Bonchev–Trinajstić information content (AvgIpc) is 3.05. The van der Waals surface area contributed by atoms with Crippen LogP contribution in [0.4, 0.5) is 4.39 Å². The van der Waals surface area contributed by atoms with Crippen molar-refractivity contribution >= 4 is 11.9 Å². The number of aromatic amines is 1. The second-order valence-electron chi connectivity index (χ2n) is 5.58. The molecule has 0 spiro atoms. The first kappa shape index (κ1) is 15.2. The monoisotopic (exact) mass is 317 g/mol. The summed E-state index contributed by atoms with van der Waals surface area (Å²) in [6.07, 6.45) is 0.917. The Labute approximate surface area is 131 Å². The quantitative estimate of drug-likeness (QED) is 0.908. The van der Waals surface area contributed by atoms with Crippen LogP contribution in [0, 0.1) is 11.7 Å². The summed E-state index contributed by atoms with van der Waals surface area (Å²) in [7, 11) is 0. The number of aromatic nitrogens is 2. The molecule has 1 aromatic carbocycles. The molecule has 1 amide bonds. The zero-order valence-corrected chi connectivity index (χ0v) is 12.3. The summed E-state index contributed by atoms with van der Waals surface area (Å²) in [5.74, 6) is -1.72. The van der Waals surface area contributed by atoms with Crippen molar-refractivity contribution in [3.05, 3.63) is 41.8 Å². The van der Waals surface area contributed by atoms with Crippen LogP contribution in [0.15, 0.2) is 30.3 Å². The number of halogens is 1. The molecule has 0 unspecified atom stereocenters. The van der Waals surface area contributed by atoms with E-state index in [1.54, 1.807) is 23.1 Å². The van der Waals surface area contributed by atoms with Crippen molar-refractivity contribution in [1.29, 1.82) is 0 Å². The maximum atomic E-state index is 12.9. The number of nitrogens with zero attached hydrogens (tertiary/aromatic N) is 2. The fraction of sp³-hybridized carbons (Fsp3) is 0.312. The molecule has 0 radical (unpaired) electrons. The van der Waals surface area contributed by atoms with Gasteiger partial charge in [-0.05, 0) is 43.2 Å². The highest BCUT2D eigenvalue weighted by Crippen LogP contribution is 2.21. The largest absolute Gasteiger partial charge is 0.481 e. The Morgan fingerprint density at radius 1 is 1.22 bits per heavy atom. The van der Waals surface area contributed by atoms with Crippen LogP contribution in [0.2, 0.25) is 0 Å². The van der Waals surface area contributed by atoms with Gasteiger partial charge in [-0.15, -0.1) is 0 Å². The van der Waals surface area contributed by atoms with E-state index in [2.05, 4.69) is 10.2 Å². The lowest BCUT2D eigenvalue weighted by Crippen LogP contribution is -2.40. The number of carbonyl (C=O) groups is 2. The number of likely N-dealkylation sites (tertiary alicyclic amines) is 1. The van der Waals surface area contributed by atoms with Gasteiger partial charge in [-0.2, -0.15) is 5.10 Å². The van der Waals surface area contributed by atoms with Crippen molar-refractivity contribution in [1.82, 2.24) is 15.1 Å². The van der Waals surface area contributed by atoms with Gasteiger partial charge >= 0.3 is 5.97 Å². The van der Waals surface area contributed by atoms with Crippen LogP contribution in [0.25, 0.3) is 11.3 Å². The predicted octanol–water partition coefficient (Wildman–Crippen LogP) is 2.15. The number of H-pyrrole nitrogens is 1. The lowest BCUT2D eigenvalue weighted by atomic mass is 9.97. The third-order valence-corrected chi connectivity index (χ3v) is 4.08. The highest BCUT2D eigenvalue weighted by atomic mass is 19.1. The van der Waals surface area contributed by atoms with Crippen LogP contribution in [-0.2, 0) is 4.79 Å². The van der Waals surface area contributed by atoms with Gasteiger partial charge in [-0.3, -0.25) is 14.7 Å². The Balaban J connectivity index is 1.69. The molecular weight excluding hydrogens is 301 g/mol. The highest BCUT2D eigenvalue weighted by molar-refractivity contribution is 5.93. The van der Waals surface area contributed by atoms with Crippen molar-refractivity contribution in [2.75, 3.05) is 13.1 Å². The normalized spacial score (nSPS) is 15.6. The van der Waals surface area contributed by atoms with Crippen molar-refractivity contribution in [2.45, 2.75) is 12.8 Å². The molecule has 0 atom stereocenters. The summed E-state index contributed by atoms with van der Waals surface area (Å²) >= 11 is 0. The second-order valence-corrected chi connectivity index (χ2v) is 5.58. The van der Waals surface area contributed by atoms with E-state index in [0.29, 0.717) is 42.9 Å². The number of carboxylic acids is 1. The number of aliphatic carboxylic acids is 1. The number of amides is 1. The van der Waals surface area contributed by atoms with Gasteiger partial charge in [-0.1, -0.05) is 0 Å². The predicted molar refractivity (Wildman–Crippen MR) is 80.2 cm³/mol. The minimum atomic E-state index is -0.808. The average molecular weight is 317 g/mol. The van der Waals surface area contributed by atoms with E-state index in [1.807, 2.05) is 0 Å². The van der Waals surface area contributed by atoms with Gasteiger partial charge < -0.3 is 10.0 Å². The van der Waals surface area contributed by atoms with Gasteiger partial charge in [0.1, 0.15) is 11.5 Å². The van der Waals surface area contributed by atoms with Crippen molar-refractivity contribution < 1.29 is 19.1 Å². The van der Waals surface area contributed by atoms with Gasteiger partial charge in [0.15, 0.2) is 0 Å². The molecule has 7 heteroatoms. The summed E-state index contributed by atoms with van der Waals surface area (Å²) in [6, 6.07) is 7.49. The topological polar surface area (TPSA) is 86.3 Å². The first-order valence-electron chi connectivity index (χ1n) is 7.38. The molecular formula is C16H16FN3O3. The van der Waals surface area contributed by atoms with Crippen molar-refractivity contribution in [2.24, 2.45) is 5.92 Å². The third kappa shape index (κ3) is 3.23. The number of hydrogen-bond acceptors (Lipinski definition) is 3. The van der Waals surface area contributed by atoms with Gasteiger partial charge in [0.2, 0.25) is 0 Å². The molecule has 1 saturated heterocycles.